The summed E-state index contributed by atoms with van der Waals surface area (Å²) in [6.45, 7) is 0. The topological polar surface area (TPSA) is 75.4 Å². The van der Waals surface area contributed by atoms with Gasteiger partial charge in [-0.1, -0.05) is 29.8 Å². The van der Waals surface area contributed by atoms with Gasteiger partial charge in [-0.15, -0.1) is 0 Å². The molecular weight excluding hydrogens is 280 g/mol. The third-order valence-corrected chi connectivity index (χ3v) is 3.35. The van der Waals surface area contributed by atoms with Crippen LogP contribution in [0.1, 0.15) is 17.2 Å². The van der Waals surface area contributed by atoms with E-state index in [4.69, 9.17) is 11.6 Å². The van der Waals surface area contributed by atoms with Gasteiger partial charge in [-0.05, 0) is 12.1 Å². The van der Waals surface area contributed by atoms with Gasteiger partial charge in [0.1, 0.15) is 6.10 Å². The van der Waals surface area contributed by atoms with Crippen molar-refractivity contribution in [2.24, 2.45) is 0 Å². The Bertz CT molecular complexity index is 646. The number of aliphatic hydroxyl groups excluding tert-OH is 1. The summed E-state index contributed by atoms with van der Waals surface area (Å²) in [5.74, 6) is 0. The van der Waals surface area contributed by atoms with Crippen LogP contribution in [0.2, 0.25) is 5.02 Å². The smallest absolute Gasteiger partial charge is 0.269 e. The lowest BCUT2D eigenvalue weighted by molar-refractivity contribution is -0.384. The molecule has 1 unspecified atom stereocenters. The van der Waals surface area contributed by atoms with Crippen LogP contribution in [0.3, 0.4) is 0 Å². The quantitative estimate of drug-likeness (QED) is 0.669. The Balaban J connectivity index is 2.52. The van der Waals surface area contributed by atoms with Crippen molar-refractivity contribution < 1.29 is 10.0 Å². The Morgan fingerprint density at radius 3 is 2.55 bits per heavy atom. The molecule has 0 amide bonds. The summed E-state index contributed by atoms with van der Waals surface area (Å²) >= 11 is 6.05. The van der Waals surface area contributed by atoms with Crippen molar-refractivity contribution in [2.75, 3.05) is 12.4 Å². The minimum Gasteiger partial charge on any atom is -0.388 e. The van der Waals surface area contributed by atoms with Crippen molar-refractivity contribution in [1.29, 1.82) is 0 Å². The number of hydrogen-bond acceptors (Lipinski definition) is 4. The largest absolute Gasteiger partial charge is 0.388 e. The molecule has 0 bridgehead atoms. The zero-order valence-electron chi connectivity index (χ0n) is 10.7. The van der Waals surface area contributed by atoms with E-state index in [1.165, 1.54) is 12.1 Å². The van der Waals surface area contributed by atoms with E-state index < -0.39 is 11.0 Å². The fourth-order valence-electron chi connectivity index (χ4n) is 1.98. The van der Waals surface area contributed by atoms with Gasteiger partial charge in [-0.3, -0.25) is 10.1 Å². The number of halogens is 1. The zero-order chi connectivity index (χ0) is 14.7. The predicted octanol–water partition coefficient (Wildman–Crippen LogP) is 3.37. The first-order chi connectivity index (χ1) is 9.54. The van der Waals surface area contributed by atoms with Gasteiger partial charge in [-0.25, -0.2) is 0 Å². The van der Waals surface area contributed by atoms with Gasteiger partial charge in [0, 0.05) is 41.0 Å². The van der Waals surface area contributed by atoms with E-state index in [1.54, 1.807) is 37.4 Å². The minimum atomic E-state index is -1.04. The molecule has 0 heterocycles. The second-order valence-corrected chi connectivity index (χ2v) is 4.61. The van der Waals surface area contributed by atoms with E-state index in [1.807, 2.05) is 0 Å². The summed E-state index contributed by atoms with van der Waals surface area (Å²) in [7, 11) is 1.68. The molecule has 104 valence electrons. The molecule has 20 heavy (non-hydrogen) atoms. The Labute approximate surface area is 121 Å². The van der Waals surface area contributed by atoms with Crippen molar-refractivity contribution in [3.63, 3.8) is 0 Å². The van der Waals surface area contributed by atoms with Crippen LogP contribution in [-0.4, -0.2) is 17.1 Å². The molecule has 2 N–H and O–H groups in total. The lowest BCUT2D eigenvalue weighted by Crippen LogP contribution is -2.05. The maximum atomic E-state index is 10.9. The molecule has 0 fully saturated rings. The maximum Gasteiger partial charge on any atom is 0.269 e. The van der Waals surface area contributed by atoms with Crippen LogP contribution in [0.4, 0.5) is 11.4 Å². The van der Waals surface area contributed by atoms with Gasteiger partial charge < -0.3 is 10.4 Å². The third kappa shape index (κ3) is 2.74. The Hall–Kier alpha value is -2.11. The normalized spacial score (nSPS) is 11.9. The molecule has 0 aliphatic carbocycles. The highest BCUT2D eigenvalue weighted by molar-refractivity contribution is 6.31. The Morgan fingerprint density at radius 1 is 1.25 bits per heavy atom. The van der Waals surface area contributed by atoms with Crippen molar-refractivity contribution in [1.82, 2.24) is 0 Å². The predicted molar refractivity (Wildman–Crippen MR) is 78.2 cm³/mol. The van der Waals surface area contributed by atoms with Crippen LogP contribution in [0.5, 0.6) is 0 Å². The molecule has 0 spiro atoms. The molecule has 5 nitrogen and oxygen atoms in total. The maximum absolute atomic E-state index is 10.9. The van der Waals surface area contributed by atoms with Gasteiger partial charge in [0.2, 0.25) is 0 Å². The molecule has 2 rings (SSSR count). The van der Waals surface area contributed by atoms with Crippen LogP contribution in [-0.2, 0) is 0 Å². The van der Waals surface area contributed by atoms with E-state index in [9.17, 15) is 15.2 Å². The van der Waals surface area contributed by atoms with Crippen molar-refractivity contribution in [2.45, 2.75) is 6.10 Å². The highest BCUT2D eigenvalue weighted by Crippen LogP contribution is 2.34. The molecule has 0 saturated heterocycles. The number of aliphatic hydroxyl groups is 1. The number of nitrogens with zero attached hydrogens (tertiary/aromatic N) is 1. The van der Waals surface area contributed by atoms with E-state index in [2.05, 4.69) is 5.32 Å². The number of non-ortho nitro benzene ring substituents is 1. The molecule has 0 saturated carbocycles. The average Bonchev–Trinajstić information content (AvgIpc) is 2.46. The second-order valence-electron chi connectivity index (χ2n) is 4.20. The molecule has 0 aliphatic rings. The summed E-state index contributed by atoms with van der Waals surface area (Å²) in [6, 6.07) is 11.1. The molecule has 0 aliphatic heterocycles. The summed E-state index contributed by atoms with van der Waals surface area (Å²) < 4.78 is 0. The average molecular weight is 293 g/mol. The number of rotatable bonds is 4. The first-order valence-corrected chi connectivity index (χ1v) is 6.31. The number of benzene rings is 2. The fourth-order valence-corrected chi connectivity index (χ4v) is 2.22. The highest BCUT2D eigenvalue weighted by atomic mass is 35.5. The molecule has 0 radical (unpaired) electrons. The van der Waals surface area contributed by atoms with Crippen LogP contribution in [0.25, 0.3) is 0 Å². The van der Waals surface area contributed by atoms with Crippen molar-refractivity contribution in [3.8, 4) is 0 Å². The van der Waals surface area contributed by atoms with E-state index >= 15 is 0 Å². The number of nitro benzene ring substituents is 1. The van der Waals surface area contributed by atoms with Gasteiger partial charge in [0.15, 0.2) is 0 Å². The summed E-state index contributed by atoms with van der Waals surface area (Å²) in [4.78, 5) is 10.4. The first kappa shape index (κ1) is 14.3. The lowest BCUT2D eigenvalue weighted by Gasteiger charge is -2.16. The van der Waals surface area contributed by atoms with Crippen LogP contribution in [0, 0.1) is 10.1 Å². The van der Waals surface area contributed by atoms with Gasteiger partial charge >= 0.3 is 0 Å². The van der Waals surface area contributed by atoms with Gasteiger partial charge in [0.05, 0.1) is 4.92 Å². The number of nitrogens with one attached hydrogen (secondary N) is 1. The van der Waals surface area contributed by atoms with Crippen molar-refractivity contribution >= 4 is 23.0 Å². The summed E-state index contributed by atoms with van der Waals surface area (Å²) in [5, 5.41) is 24.6. The standard InChI is InChI=1S/C14H13ClN2O3/c1-16-13-7-6-9(17(19)20)8-11(13)14(18)10-4-2-3-5-12(10)15/h2-8,14,16,18H,1H3. The van der Waals surface area contributed by atoms with E-state index in [-0.39, 0.29) is 5.69 Å². The van der Waals surface area contributed by atoms with Crippen LogP contribution in [0.15, 0.2) is 42.5 Å². The second kappa shape index (κ2) is 5.90. The first-order valence-electron chi connectivity index (χ1n) is 5.93. The van der Waals surface area contributed by atoms with Crippen LogP contribution >= 0.6 is 11.6 Å². The number of nitro groups is 1. The van der Waals surface area contributed by atoms with Crippen molar-refractivity contribution in [3.05, 3.63) is 68.7 Å². The summed E-state index contributed by atoms with van der Waals surface area (Å²) in [5.41, 5.74) is 1.45. The van der Waals surface area contributed by atoms with E-state index in [0.29, 0.717) is 21.8 Å². The van der Waals surface area contributed by atoms with Gasteiger partial charge in [-0.2, -0.15) is 0 Å². The lowest BCUT2D eigenvalue weighted by atomic mass is 9.99. The molecule has 0 aromatic heterocycles. The molecule has 6 heteroatoms. The number of hydrogen-bond donors (Lipinski definition) is 2. The fraction of sp³-hybridized carbons (Fsp3) is 0.143. The molecular formula is C14H13ClN2O3. The number of anilines is 1. The minimum absolute atomic E-state index is 0.0786. The van der Waals surface area contributed by atoms with Crippen LogP contribution < -0.4 is 5.32 Å². The highest BCUT2D eigenvalue weighted by Gasteiger charge is 2.20. The monoisotopic (exact) mass is 292 g/mol. The Morgan fingerprint density at radius 2 is 1.95 bits per heavy atom. The SMILES string of the molecule is CNc1ccc([N+](=O)[O-])cc1C(O)c1ccccc1Cl. The third-order valence-electron chi connectivity index (χ3n) is 3.01. The molecule has 2 aromatic carbocycles. The summed E-state index contributed by atoms with van der Waals surface area (Å²) in [6.07, 6.45) is -1.04. The molecule has 1 atom stereocenters. The van der Waals surface area contributed by atoms with E-state index in [0.717, 1.165) is 0 Å². The van der Waals surface area contributed by atoms with Gasteiger partial charge in [0.25, 0.3) is 5.69 Å². The molecule has 2 aromatic rings. The zero-order valence-corrected chi connectivity index (χ0v) is 11.5. The Kier molecular flexibility index (Phi) is 4.22.